The van der Waals surface area contributed by atoms with Gasteiger partial charge in [-0.1, -0.05) is 115 Å². The van der Waals surface area contributed by atoms with Gasteiger partial charge in [-0.25, -0.2) is 0 Å². The number of hydrogen-bond acceptors (Lipinski definition) is 1. The van der Waals surface area contributed by atoms with Crippen LogP contribution in [0.1, 0.15) is 0 Å². The average molecular weight is 609 g/mol. The number of anilines is 2. The monoisotopic (exact) mass is 608 g/mol. The van der Waals surface area contributed by atoms with E-state index >= 15 is 4.57 Å². The highest BCUT2D eigenvalue weighted by molar-refractivity contribution is 7.80. The Kier molecular flexibility index (Phi) is 6.09. The fourth-order valence-electron chi connectivity index (χ4n) is 7.10. The van der Waals surface area contributed by atoms with Gasteiger partial charge in [-0.3, -0.25) is 9.24 Å². The number of benzene rings is 7. The molecular weight excluding hydrogens is 579 g/mol. The Balaban J connectivity index is 1.13. The van der Waals surface area contributed by atoms with Crippen molar-refractivity contribution in [3.8, 4) is 27.9 Å². The van der Waals surface area contributed by atoms with E-state index in [1.807, 2.05) is 54.6 Å². The molecule has 1 aliphatic heterocycles. The molecule has 0 saturated heterocycles. The molecule has 218 valence electrons. The zero-order chi connectivity index (χ0) is 30.7. The summed E-state index contributed by atoms with van der Waals surface area (Å²) in [6, 6.07) is 60.8. The third-order valence-corrected chi connectivity index (χ3v) is 12.2. The highest BCUT2D eigenvalue weighted by atomic mass is 31.2. The van der Waals surface area contributed by atoms with Crippen LogP contribution in [0.15, 0.2) is 176 Å². The van der Waals surface area contributed by atoms with Crippen LogP contribution < -0.4 is 15.3 Å². The molecule has 0 spiro atoms. The second-order valence-electron chi connectivity index (χ2n) is 11.7. The Bertz CT molecular complexity index is 2390. The number of fused-ring (bicyclic) bond motifs is 6. The minimum atomic E-state index is -3.25. The summed E-state index contributed by atoms with van der Waals surface area (Å²) < 4.78 is 20.0. The Morgan fingerprint density at radius 2 is 0.913 bits per heavy atom. The maximum absolute atomic E-state index is 15.6. The molecule has 0 fully saturated rings. The van der Waals surface area contributed by atoms with Crippen molar-refractivity contribution in [2.75, 3.05) is 4.67 Å². The van der Waals surface area contributed by atoms with Crippen molar-refractivity contribution in [2.45, 2.75) is 0 Å². The van der Waals surface area contributed by atoms with Crippen LogP contribution >= 0.6 is 7.29 Å². The van der Waals surface area contributed by atoms with Gasteiger partial charge in [0, 0.05) is 38.3 Å². The standard InChI is InChI=1S/C42H29N2OP/c45-46(34-12-2-1-3-13-34)42-21-11-7-17-38(42)37-16-6-10-20-41(37)44(46)33-28-24-31(25-29-33)30-22-26-32(27-23-30)43-39-18-8-4-14-35(39)36-15-5-9-19-40(36)43/h1-29H. The van der Waals surface area contributed by atoms with E-state index in [0.29, 0.717) is 0 Å². The highest BCUT2D eigenvalue weighted by Crippen LogP contribution is 2.61. The van der Waals surface area contributed by atoms with Crippen molar-refractivity contribution in [1.29, 1.82) is 0 Å². The Hall–Kier alpha value is -5.63. The van der Waals surface area contributed by atoms with E-state index in [-0.39, 0.29) is 0 Å². The number of hydrogen-bond donors (Lipinski definition) is 0. The smallest absolute Gasteiger partial charge is 0.234 e. The molecule has 1 aromatic heterocycles. The summed E-state index contributed by atoms with van der Waals surface area (Å²) in [5.74, 6) is 0. The Morgan fingerprint density at radius 3 is 1.57 bits per heavy atom. The summed E-state index contributed by atoms with van der Waals surface area (Å²) in [4.78, 5) is 0. The molecule has 7 aromatic carbocycles. The van der Waals surface area contributed by atoms with E-state index in [4.69, 9.17) is 0 Å². The quantitative estimate of drug-likeness (QED) is 0.186. The first-order chi connectivity index (χ1) is 22.7. The summed E-state index contributed by atoms with van der Waals surface area (Å²) in [7, 11) is -3.25. The van der Waals surface area contributed by atoms with Crippen LogP contribution in [0.2, 0.25) is 0 Å². The third-order valence-electron chi connectivity index (χ3n) is 9.19. The summed E-state index contributed by atoms with van der Waals surface area (Å²) in [6.07, 6.45) is 0. The lowest BCUT2D eigenvalue weighted by Gasteiger charge is -2.40. The minimum Gasteiger partial charge on any atom is -0.309 e. The number of rotatable bonds is 4. The molecule has 9 rings (SSSR count). The first kappa shape index (κ1) is 26.7. The van der Waals surface area contributed by atoms with Crippen LogP contribution in [0.4, 0.5) is 11.4 Å². The molecule has 1 aliphatic rings. The fraction of sp³-hybridized carbons (Fsp3) is 0. The van der Waals surface area contributed by atoms with Crippen LogP contribution in [-0.4, -0.2) is 4.57 Å². The maximum atomic E-state index is 15.6. The molecule has 0 N–H and O–H groups in total. The molecule has 0 aliphatic carbocycles. The van der Waals surface area contributed by atoms with Gasteiger partial charge in [0.15, 0.2) is 0 Å². The largest absolute Gasteiger partial charge is 0.309 e. The van der Waals surface area contributed by atoms with Crippen LogP contribution in [0.25, 0.3) is 49.7 Å². The lowest BCUT2D eigenvalue weighted by atomic mass is 10.0. The second-order valence-corrected chi connectivity index (χ2v) is 14.3. The van der Waals surface area contributed by atoms with Gasteiger partial charge in [0.05, 0.1) is 16.7 Å². The van der Waals surface area contributed by atoms with Crippen molar-refractivity contribution in [2.24, 2.45) is 0 Å². The lowest BCUT2D eigenvalue weighted by Crippen LogP contribution is -2.33. The number of para-hydroxylation sites is 3. The predicted molar refractivity (Wildman–Crippen MR) is 194 cm³/mol. The topological polar surface area (TPSA) is 25.2 Å². The Morgan fingerprint density at radius 1 is 0.413 bits per heavy atom. The first-order valence-corrected chi connectivity index (χ1v) is 17.2. The van der Waals surface area contributed by atoms with Gasteiger partial charge in [0.2, 0.25) is 7.29 Å². The van der Waals surface area contributed by atoms with E-state index in [0.717, 1.165) is 49.9 Å². The third kappa shape index (κ3) is 3.96. The minimum absolute atomic E-state index is 0.821. The molecule has 1 atom stereocenters. The van der Waals surface area contributed by atoms with Crippen molar-refractivity contribution in [3.63, 3.8) is 0 Å². The predicted octanol–water partition coefficient (Wildman–Crippen LogP) is 10.5. The Labute approximate surface area is 268 Å². The lowest BCUT2D eigenvalue weighted by molar-refractivity contribution is 0.587. The zero-order valence-electron chi connectivity index (χ0n) is 25.0. The number of aromatic nitrogens is 1. The van der Waals surface area contributed by atoms with E-state index in [1.54, 1.807) is 0 Å². The molecule has 4 heteroatoms. The van der Waals surface area contributed by atoms with Crippen molar-refractivity contribution >= 4 is 51.1 Å². The van der Waals surface area contributed by atoms with Crippen molar-refractivity contribution in [3.05, 3.63) is 176 Å². The molecule has 2 heterocycles. The van der Waals surface area contributed by atoms with Gasteiger partial charge < -0.3 is 4.57 Å². The van der Waals surface area contributed by atoms with Gasteiger partial charge in [-0.15, -0.1) is 0 Å². The van der Waals surface area contributed by atoms with E-state index < -0.39 is 7.29 Å². The average Bonchev–Trinajstić information content (AvgIpc) is 3.47. The fourth-order valence-corrected chi connectivity index (χ4v) is 10.1. The molecule has 1 unspecified atom stereocenters. The molecule has 0 radical (unpaired) electrons. The van der Waals surface area contributed by atoms with Crippen LogP contribution in [0.3, 0.4) is 0 Å². The molecule has 0 amide bonds. The van der Waals surface area contributed by atoms with Gasteiger partial charge in [-0.2, -0.15) is 0 Å². The second kappa shape index (κ2) is 10.5. The normalized spacial score (nSPS) is 15.5. The van der Waals surface area contributed by atoms with Crippen LogP contribution in [0, 0.1) is 0 Å². The van der Waals surface area contributed by atoms with Crippen LogP contribution in [0.5, 0.6) is 0 Å². The molecular formula is C42H29N2OP. The van der Waals surface area contributed by atoms with Gasteiger partial charge in [-0.05, 0) is 77.4 Å². The molecule has 0 saturated carbocycles. The molecule has 3 nitrogen and oxygen atoms in total. The SMILES string of the molecule is O=P1(c2ccccc2)c2ccccc2-c2ccccc2N1c1ccc(-c2ccc(-n3c4ccccc4c4ccccc43)cc2)cc1. The molecule has 8 aromatic rings. The first-order valence-electron chi connectivity index (χ1n) is 15.6. The highest BCUT2D eigenvalue weighted by Gasteiger charge is 2.42. The van der Waals surface area contributed by atoms with E-state index in [9.17, 15) is 0 Å². The van der Waals surface area contributed by atoms with Crippen molar-refractivity contribution in [1.82, 2.24) is 4.57 Å². The summed E-state index contributed by atoms with van der Waals surface area (Å²) >= 11 is 0. The maximum Gasteiger partial charge on any atom is 0.234 e. The van der Waals surface area contributed by atoms with Crippen LogP contribution in [-0.2, 0) is 4.57 Å². The number of nitrogens with zero attached hydrogens (tertiary/aromatic N) is 2. The molecule has 0 bridgehead atoms. The van der Waals surface area contributed by atoms with E-state index in [2.05, 4.69) is 131 Å². The molecule has 46 heavy (non-hydrogen) atoms. The van der Waals surface area contributed by atoms with Gasteiger partial charge >= 0.3 is 0 Å². The summed E-state index contributed by atoms with van der Waals surface area (Å²) in [6.45, 7) is 0. The van der Waals surface area contributed by atoms with Gasteiger partial charge in [0.1, 0.15) is 0 Å². The van der Waals surface area contributed by atoms with Gasteiger partial charge in [0.25, 0.3) is 0 Å². The zero-order valence-corrected chi connectivity index (χ0v) is 25.9. The van der Waals surface area contributed by atoms with E-state index in [1.165, 1.54) is 21.8 Å². The summed E-state index contributed by atoms with van der Waals surface area (Å²) in [5, 5.41) is 4.20. The van der Waals surface area contributed by atoms with Crippen molar-refractivity contribution < 1.29 is 4.57 Å². The summed E-state index contributed by atoms with van der Waals surface area (Å²) in [5.41, 5.74) is 9.75.